The number of hydrogen-bond acceptors (Lipinski definition) is 3. The minimum absolute atomic E-state index is 0.152. The van der Waals surface area contributed by atoms with Gasteiger partial charge in [-0.05, 0) is 38.8 Å². The van der Waals surface area contributed by atoms with Crippen LogP contribution in [0.15, 0.2) is 30.7 Å². The second-order valence-electron chi connectivity index (χ2n) is 4.77. The maximum absolute atomic E-state index is 4.33. The predicted molar refractivity (Wildman–Crippen MR) is 74.7 cm³/mol. The fourth-order valence-corrected chi connectivity index (χ4v) is 2.23. The maximum Gasteiger partial charge on any atom is 0.0806 e. The van der Waals surface area contributed by atoms with Gasteiger partial charge in [-0.3, -0.25) is 9.97 Å². The number of rotatable bonds is 3. The molecule has 2 aromatic rings. The normalized spacial score (nSPS) is 12.2. The Morgan fingerprint density at radius 3 is 2.28 bits per heavy atom. The minimum atomic E-state index is 0.152. The zero-order chi connectivity index (χ0) is 13.1. The molecule has 0 saturated carbocycles. The van der Waals surface area contributed by atoms with Crippen LogP contribution in [0, 0.1) is 20.8 Å². The highest BCUT2D eigenvalue weighted by molar-refractivity contribution is 5.58. The maximum atomic E-state index is 4.33. The van der Waals surface area contributed by atoms with Crippen molar-refractivity contribution in [3.63, 3.8) is 0 Å². The third-order valence-corrected chi connectivity index (χ3v) is 3.06. The molecule has 0 bridgehead atoms. The van der Waals surface area contributed by atoms with Crippen LogP contribution in [0.4, 0.5) is 5.69 Å². The lowest BCUT2D eigenvalue weighted by Gasteiger charge is -2.19. The van der Waals surface area contributed by atoms with Gasteiger partial charge in [0.25, 0.3) is 0 Å². The summed E-state index contributed by atoms with van der Waals surface area (Å²) in [6, 6.07) is 4.54. The first-order chi connectivity index (χ1) is 8.58. The van der Waals surface area contributed by atoms with Crippen molar-refractivity contribution >= 4 is 5.69 Å². The molecule has 1 atom stereocenters. The van der Waals surface area contributed by atoms with Gasteiger partial charge in [0.15, 0.2) is 0 Å². The summed E-state index contributed by atoms with van der Waals surface area (Å²) in [5.74, 6) is 0. The number of hydrogen-bond donors (Lipinski definition) is 1. The molecule has 0 aliphatic carbocycles. The molecular formula is C15H19N3. The van der Waals surface area contributed by atoms with E-state index < -0.39 is 0 Å². The highest BCUT2D eigenvalue weighted by atomic mass is 15.0. The van der Waals surface area contributed by atoms with E-state index in [0.29, 0.717) is 0 Å². The second kappa shape index (κ2) is 5.17. The van der Waals surface area contributed by atoms with Crippen LogP contribution in [0.2, 0.25) is 0 Å². The average Bonchev–Trinajstić information content (AvgIpc) is 2.34. The molecule has 18 heavy (non-hydrogen) atoms. The van der Waals surface area contributed by atoms with Gasteiger partial charge in [0.2, 0.25) is 0 Å². The molecule has 0 aliphatic heterocycles. The summed E-state index contributed by atoms with van der Waals surface area (Å²) in [6.07, 6.45) is 5.22. The van der Waals surface area contributed by atoms with E-state index in [0.717, 1.165) is 5.69 Å². The number of aromatic nitrogens is 2. The molecule has 1 aromatic carbocycles. The number of aryl methyl sites for hydroxylation is 3. The van der Waals surface area contributed by atoms with Gasteiger partial charge in [-0.2, -0.15) is 0 Å². The molecule has 0 fully saturated rings. The van der Waals surface area contributed by atoms with Crippen LogP contribution in [0.1, 0.15) is 35.3 Å². The largest absolute Gasteiger partial charge is 0.376 e. The summed E-state index contributed by atoms with van der Waals surface area (Å²) in [5, 5.41) is 3.52. The van der Waals surface area contributed by atoms with Gasteiger partial charge in [-0.25, -0.2) is 0 Å². The molecule has 94 valence electrons. The Kier molecular flexibility index (Phi) is 3.60. The van der Waals surface area contributed by atoms with E-state index in [-0.39, 0.29) is 6.04 Å². The van der Waals surface area contributed by atoms with Crippen LogP contribution in [0.5, 0.6) is 0 Å². The van der Waals surface area contributed by atoms with E-state index in [4.69, 9.17) is 0 Å². The molecule has 2 rings (SSSR count). The van der Waals surface area contributed by atoms with E-state index in [2.05, 4.69) is 55.1 Å². The van der Waals surface area contributed by atoms with E-state index in [9.17, 15) is 0 Å². The van der Waals surface area contributed by atoms with Gasteiger partial charge in [-0.15, -0.1) is 0 Å². The summed E-state index contributed by atoms with van der Waals surface area (Å²) >= 11 is 0. The van der Waals surface area contributed by atoms with Crippen LogP contribution in [-0.2, 0) is 0 Å². The first-order valence-corrected chi connectivity index (χ1v) is 6.18. The molecule has 0 spiro atoms. The Morgan fingerprint density at radius 1 is 1.06 bits per heavy atom. The van der Waals surface area contributed by atoms with E-state index in [1.165, 1.54) is 22.4 Å². The molecule has 1 aromatic heterocycles. The van der Waals surface area contributed by atoms with Crippen molar-refractivity contribution < 1.29 is 0 Å². The topological polar surface area (TPSA) is 37.8 Å². The summed E-state index contributed by atoms with van der Waals surface area (Å²) in [5.41, 5.74) is 5.98. The van der Waals surface area contributed by atoms with Crippen molar-refractivity contribution in [2.75, 3.05) is 5.32 Å². The Morgan fingerprint density at radius 2 is 1.72 bits per heavy atom. The number of anilines is 1. The Balaban J connectivity index is 2.25. The first-order valence-electron chi connectivity index (χ1n) is 6.18. The minimum Gasteiger partial charge on any atom is -0.376 e. The lowest BCUT2D eigenvalue weighted by atomic mass is 10.0. The lowest BCUT2D eigenvalue weighted by Crippen LogP contribution is -2.10. The highest BCUT2D eigenvalue weighted by Crippen LogP contribution is 2.25. The van der Waals surface area contributed by atoms with Crippen LogP contribution in [-0.4, -0.2) is 9.97 Å². The molecular weight excluding hydrogens is 222 g/mol. The van der Waals surface area contributed by atoms with Crippen molar-refractivity contribution in [1.29, 1.82) is 0 Å². The molecule has 1 N–H and O–H groups in total. The molecule has 0 aliphatic rings. The van der Waals surface area contributed by atoms with Gasteiger partial charge in [-0.1, -0.05) is 17.7 Å². The third-order valence-electron chi connectivity index (χ3n) is 3.06. The summed E-state index contributed by atoms with van der Waals surface area (Å²) < 4.78 is 0. The van der Waals surface area contributed by atoms with Crippen molar-refractivity contribution in [2.45, 2.75) is 33.7 Å². The molecule has 0 radical (unpaired) electrons. The van der Waals surface area contributed by atoms with Gasteiger partial charge >= 0.3 is 0 Å². The smallest absolute Gasteiger partial charge is 0.0806 e. The second-order valence-corrected chi connectivity index (χ2v) is 4.77. The van der Waals surface area contributed by atoms with Crippen LogP contribution in [0.25, 0.3) is 0 Å². The van der Waals surface area contributed by atoms with Crippen molar-refractivity contribution in [1.82, 2.24) is 9.97 Å². The lowest BCUT2D eigenvalue weighted by molar-refractivity contribution is 0.824. The number of nitrogens with one attached hydrogen (secondary N) is 1. The van der Waals surface area contributed by atoms with Crippen molar-refractivity contribution in [3.8, 4) is 0 Å². The number of nitrogens with zero attached hydrogens (tertiary/aromatic N) is 2. The highest BCUT2D eigenvalue weighted by Gasteiger charge is 2.10. The predicted octanol–water partition coefficient (Wildman–Crippen LogP) is 3.57. The van der Waals surface area contributed by atoms with Crippen LogP contribution in [0.3, 0.4) is 0 Å². The standard InChI is InChI=1S/C15H19N3/c1-10-7-11(2)15(12(3)8-10)18-13(4)14-9-16-5-6-17-14/h5-9,13,18H,1-4H3. The zero-order valence-electron chi connectivity index (χ0n) is 11.4. The molecule has 3 nitrogen and oxygen atoms in total. The van der Waals surface area contributed by atoms with Crippen molar-refractivity contribution in [2.24, 2.45) is 0 Å². The molecule has 1 heterocycles. The molecule has 0 amide bonds. The molecule has 1 unspecified atom stereocenters. The van der Waals surface area contributed by atoms with Gasteiger partial charge in [0, 0.05) is 18.1 Å². The fraction of sp³-hybridized carbons (Fsp3) is 0.333. The summed E-state index contributed by atoms with van der Waals surface area (Å²) in [6.45, 7) is 8.48. The zero-order valence-corrected chi connectivity index (χ0v) is 11.4. The summed E-state index contributed by atoms with van der Waals surface area (Å²) in [4.78, 5) is 8.43. The quantitative estimate of drug-likeness (QED) is 0.892. The van der Waals surface area contributed by atoms with Gasteiger partial charge in [0.1, 0.15) is 0 Å². The third kappa shape index (κ3) is 2.67. The van der Waals surface area contributed by atoms with Crippen LogP contribution < -0.4 is 5.32 Å². The van der Waals surface area contributed by atoms with E-state index in [1.54, 1.807) is 18.6 Å². The fourth-order valence-electron chi connectivity index (χ4n) is 2.23. The van der Waals surface area contributed by atoms with E-state index in [1.807, 2.05) is 0 Å². The average molecular weight is 241 g/mol. The van der Waals surface area contributed by atoms with Crippen molar-refractivity contribution in [3.05, 3.63) is 53.1 Å². The molecule has 0 saturated heterocycles. The van der Waals surface area contributed by atoms with Crippen LogP contribution >= 0.6 is 0 Å². The van der Waals surface area contributed by atoms with E-state index >= 15 is 0 Å². The Hall–Kier alpha value is -1.90. The summed E-state index contributed by atoms with van der Waals surface area (Å²) in [7, 11) is 0. The number of benzene rings is 1. The van der Waals surface area contributed by atoms with Gasteiger partial charge < -0.3 is 5.32 Å². The molecule has 3 heteroatoms. The first kappa shape index (κ1) is 12.6. The monoisotopic (exact) mass is 241 g/mol. The Labute approximate surface area is 108 Å². The SMILES string of the molecule is Cc1cc(C)c(NC(C)c2cnccn2)c(C)c1. The van der Waals surface area contributed by atoms with Gasteiger partial charge in [0.05, 0.1) is 17.9 Å². The Bertz CT molecular complexity index is 512.